The summed E-state index contributed by atoms with van der Waals surface area (Å²) < 4.78 is 5.36. The van der Waals surface area contributed by atoms with Crippen LogP contribution in [0.4, 0.5) is 5.69 Å². The predicted octanol–water partition coefficient (Wildman–Crippen LogP) is 6.31. The van der Waals surface area contributed by atoms with Gasteiger partial charge in [-0.1, -0.05) is 72.3 Å². The Hall–Kier alpha value is -3.48. The molecule has 0 aliphatic rings. The molecule has 5 nitrogen and oxygen atoms in total. The van der Waals surface area contributed by atoms with Gasteiger partial charge in [-0.3, -0.25) is 4.79 Å². The van der Waals surface area contributed by atoms with Crippen molar-refractivity contribution in [1.82, 2.24) is 4.98 Å². The van der Waals surface area contributed by atoms with Crippen molar-refractivity contribution in [1.29, 1.82) is 0 Å². The Balaban J connectivity index is 1.43. The number of thiazole rings is 1. The van der Waals surface area contributed by atoms with E-state index in [1.165, 1.54) is 18.3 Å². The summed E-state index contributed by atoms with van der Waals surface area (Å²) in [6, 6.07) is 24.4. The van der Waals surface area contributed by atoms with Crippen molar-refractivity contribution in [2.75, 3.05) is 5.32 Å². The zero-order chi connectivity index (χ0) is 22.5. The van der Waals surface area contributed by atoms with Crippen LogP contribution in [0.2, 0.25) is 5.02 Å². The second kappa shape index (κ2) is 9.77. The number of aromatic nitrogens is 1. The number of halogens is 1. The molecule has 0 aliphatic carbocycles. The predicted molar refractivity (Wildman–Crippen MR) is 128 cm³/mol. The Morgan fingerprint density at radius 3 is 2.38 bits per heavy atom. The summed E-state index contributed by atoms with van der Waals surface area (Å²) in [4.78, 5) is 29.6. The number of nitrogens with one attached hydrogen (secondary N) is 1. The molecule has 32 heavy (non-hydrogen) atoms. The van der Waals surface area contributed by atoms with Crippen LogP contribution in [-0.2, 0) is 9.53 Å². The van der Waals surface area contributed by atoms with Crippen LogP contribution in [0.5, 0.6) is 0 Å². The monoisotopic (exact) mass is 462 g/mol. The molecule has 1 N–H and O–H groups in total. The second-order valence-corrected chi connectivity index (χ2v) is 8.29. The normalized spacial score (nSPS) is 11.6. The Morgan fingerprint density at radius 2 is 1.62 bits per heavy atom. The number of nitrogens with zero attached hydrogens (tertiary/aromatic N) is 1. The van der Waals surface area contributed by atoms with Gasteiger partial charge in [-0.05, 0) is 30.7 Å². The van der Waals surface area contributed by atoms with Crippen LogP contribution in [0, 0.1) is 0 Å². The number of carbonyl (C=O) groups is 2. The maximum absolute atomic E-state index is 12.7. The summed E-state index contributed by atoms with van der Waals surface area (Å²) in [5.41, 5.74) is 3.51. The fourth-order valence-corrected chi connectivity index (χ4v) is 3.98. The van der Waals surface area contributed by atoms with E-state index in [0.29, 0.717) is 15.7 Å². The number of esters is 1. The van der Waals surface area contributed by atoms with E-state index in [1.54, 1.807) is 17.5 Å². The Morgan fingerprint density at radius 1 is 0.938 bits per heavy atom. The molecule has 1 atom stereocenters. The number of carbonyl (C=O) groups excluding carboxylic acids is 2. The molecule has 1 aromatic heterocycles. The molecular formula is C25H19ClN2O3S. The first-order valence-corrected chi connectivity index (χ1v) is 11.1. The molecule has 0 spiro atoms. The van der Waals surface area contributed by atoms with Gasteiger partial charge in [0.25, 0.3) is 5.91 Å². The Labute approximate surface area is 194 Å². The van der Waals surface area contributed by atoms with E-state index in [-0.39, 0.29) is 5.69 Å². The molecule has 7 heteroatoms. The van der Waals surface area contributed by atoms with E-state index in [4.69, 9.17) is 16.3 Å². The lowest BCUT2D eigenvalue weighted by Gasteiger charge is -2.15. The van der Waals surface area contributed by atoms with Gasteiger partial charge in [0.15, 0.2) is 11.8 Å². The van der Waals surface area contributed by atoms with Gasteiger partial charge in [-0.25, -0.2) is 9.78 Å². The van der Waals surface area contributed by atoms with Crippen LogP contribution < -0.4 is 5.32 Å². The van der Waals surface area contributed by atoms with Crippen molar-refractivity contribution >= 4 is 40.5 Å². The molecule has 0 aliphatic heterocycles. The molecule has 3 aromatic carbocycles. The molecule has 0 saturated carbocycles. The zero-order valence-corrected chi connectivity index (χ0v) is 18.7. The summed E-state index contributed by atoms with van der Waals surface area (Å²) in [5, 5.41) is 5.76. The van der Waals surface area contributed by atoms with E-state index in [1.807, 2.05) is 66.7 Å². The molecule has 1 amide bonds. The van der Waals surface area contributed by atoms with Gasteiger partial charge in [-0.2, -0.15) is 0 Å². The molecule has 0 radical (unpaired) electrons. The zero-order valence-electron chi connectivity index (χ0n) is 17.1. The highest BCUT2D eigenvalue weighted by atomic mass is 35.5. The summed E-state index contributed by atoms with van der Waals surface area (Å²) in [7, 11) is 0. The van der Waals surface area contributed by atoms with Crippen LogP contribution in [0.15, 0.2) is 84.2 Å². The number of ether oxygens (including phenoxy) is 1. The Kier molecular flexibility index (Phi) is 6.63. The van der Waals surface area contributed by atoms with Gasteiger partial charge in [0, 0.05) is 27.2 Å². The van der Waals surface area contributed by atoms with Crippen LogP contribution in [0.3, 0.4) is 0 Å². The standard InChI is InChI=1S/C25H19ClN2O3S/c1-16(23(29)27-21-10-6-5-9-20(21)17-7-3-2-4-8-17)31-25(30)22-15-32-24(28-22)18-11-13-19(26)14-12-18/h2-16H,1H3,(H,27,29). The smallest absolute Gasteiger partial charge is 0.358 e. The van der Waals surface area contributed by atoms with E-state index < -0.39 is 18.0 Å². The first-order valence-electron chi connectivity index (χ1n) is 9.89. The lowest BCUT2D eigenvalue weighted by atomic mass is 10.0. The van der Waals surface area contributed by atoms with Crippen molar-refractivity contribution in [2.24, 2.45) is 0 Å². The number of anilines is 1. The number of hydrogen-bond donors (Lipinski definition) is 1. The number of hydrogen-bond acceptors (Lipinski definition) is 5. The fourth-order valence-electron chi connectivity index (χ4n) is 3.06. The molecular weight excluding hydrogens is 444 g/mol. The molecule has 0 fully saturated rings. The highest BCUT2D eigenvalue weighted by molar-refractivity contribution is 7.13. The summed E-state index contributed by atoms with van der Waals surface area (Å²) in [6.45, 7) is 1.53. The lowest BCUT2D eigenvalue weighted by molar-refractivity contribution is -0.123. The number of rotatable bonds is 6. The van der Waals surface area contributed by atoms with E-state index >= 15 is 0 Å². The average Bonchev–Trinajstić information content (AvgIpc) is 3.31. The summed E-state index contributed by atoms with van der Waals surface area (Å²) >= 11 is 7.23. The molecule has 1 heterocycles. The lowest BCUT2D eigenvalue weighted by Crippen LogP contribution is -2.30. The van der Waals surface area contributed by atoms with Gasteiger partial charge < -0.3 is 10.1 Å². The average molecular weight is 463 g/mol. The third-order valence-corrected chi connectivity index (χ3v) is 5.87. The van der Waals surface area contributed by atoms with Crippen LogP contribution in [-0.4, -0.2) is 23.0 Å². The van der Waals surface area contributed by atoms with E-state index in [0.717, 1.165) is 16.7 Å². The SMILES string of the molecule is CC(OC(=O)c1csc(-c2ccc(Cl)cc2)n1)C(=O)Nc1ccccc1-c1ccccc1. The maximum atomic E-state index is 12.7. The minimum Gasteiger partial charge on any atom is -0.448 e. The van der Waals surface area contributed by atoms with Crippen LogP contribution in [0.1, 0.15) is 17.4 Å². The molecule has 160 valence electrons. The molecule has 0 bridgehead atoms. The van der Waals surface area contributed by atoms with Gasteiger partial charge in [0.05, 0.1) is 0 Å². The maximum Gasteiger partial charge on any atom is 0.358 e. The molecule has 1 unspecified atom stereocenters. The quantitative estimate of drug-likeness (QED) is 0.341. The van der Waals surface area contributed by atoms with Gasteiger partial charge >= 0.3 is 5.97 Å². The number of para-hydroxylation sites is 1. The van der Waals surface area contributed by atoms with Crippen LogP contribution in [0.25, 0.3) is 21.7 Å². The fraction of sp³-hybridized carbons (Fsp3) is 0.0800. The summed E-state index contributed by atoms with van der Waals surface area (Å²) in [5.74, 6) is -1.07. The molecule has 4 aromatic rings. The molecule has 0 saturated heterocycles. The highest BCUT2D eigenvalue weighted by Crippen LogP contribution is 2.28. The summed E-state index contributed by atoms with van der Waals surface area (Å²) in [6.07, 6.45) is -0.994. The number of benzene rings is 3. The van der Waals surface area contributed by atoms with Gasteiger partial charge in [-0.15, -0.1) is 11.3 Å². The molecule has 4 rings (SSSR count). The van der Waals surface area contributed by atoms with Crippen molar-refractivity contribution in [3.63, 3.8) is 0 Å². The first kappa shape index (κ1) is 21.7. The third-order valence-electron chi connectivity index (χ3n) is 4.73. The highest BCUT2D eigenvalue weighted by Gasteiger charge is 2.22. The van der Waals surface area contributed by atoms with Crippen molar-refractivity contribution in [2.45, 2.75) is 13.0 Å². The minimum absolute atomic E-state index is 0.157. The topological polar surface area (TPSA) is 68.3 Å². The Bertz CT molecular complexity index is 1240. The van der Waals surface area contributed by atoms with E-state index in [2.05, 4.69) is 10.3 Å². The van der Waals surface area contributed by atoms with Gasteiger partial charge in [0.2, 0.25) is 0 Å². The second-order valence-electron chi connectivity index (χ2n) is 6.99. The van der Waals surface area contributed by atoms with Crippen molar-refractivity contribution in [3.8, 4) is 21.7 Å². The van der Waals surface area contributed by atoms with Crippen molar-refractivity contribution < 1.29 is 14.3 Å². The van der Waals surface area contributed by atoms with Crippen molar-refractivity contribution in [3.05, 3.63) is 95.0 Å². The van der Waals surface area contributed by atoms with Crippen LogP contribution >= 0.6 is 22.9 Å². The van der Waals surface area contributed by atoms with E-state index in [9.17, 15) is 9.59 Å². The largest absolute Gasteiger partial charge is 0.448 e. The van der Waals surface area contributed by atoms with Gasteiger partial charge in [0.1, 0.15) is 5.01 Å². The third kappa shape index (κ3) is 5.04. The number of amides is 1. The minimum atomic E-state index is -0.994. The first-order chi connectivity index (χ1) is 15.5.